The smallest absolute Gasteiger partial charge is 0.407 e. The number of carbonyl (C=O) groups is 3. The molecule has 50 heavy (non-hydrogen) atoms. The summed E-state index contributed by atoms with van der Waals surface area (Å²) in [5, 5.41) is 25.3. The molecule has 3 aromatic carbocycles. The lowest BCUT2D eigenvalue weighted by atomic mass is 9.81. The van der Waals surface area contributed by atoms with Gasteiger partial charge in [-0.25, -0.2) is 4.79 Å². The van der Waals surface area contributed by atoms with Crippen molar-refractivity contribution in [3.8, 4) is 22.5 Å². The zero-order valence-electron chi connectivity index (χ0n) is 28.8. The third-order valence-electron chi connectivity index (χ3n) is 9.26. The Bertz CT molecular complexity index is 1940. The zero-order valence-corrected chi connectivity index (χ0v) is 28.8. The van der Waals surface area contributed by atoms with Crippen molar-refractivity contribution in [1.29, 1.82) is 0 Å². The van der Waals surface area contributed by atoms with E-state index in [1.165, 1.54) is 0 Å². The van der Waals surface area contributed by atoms with E-state index in [1.807, 2.05) is 57.3 Å². The van der Waals surface area contributed by atoms with Crippen molar-refractivity contribution in [2.75, 3.05) is 11.4 Å². The zero-order chi connectivity index (χ0) is 35.4. The molecule has 2 aromatic heterocycles. The fourth-order valence-corrected chi connectivity index (χ4v) is 6.73. The number of benzene rings is 3. The Hall–Kier alpha value is -5.59. The third-order valence-corrected chi connectivity index (χ3v) is 9.26. The average molecular weight is 678 g/mol. The molecule has 2 heterocycles. The first-order valence-electron chi connectivity index (χ1n) is 16.9. The van der Waals surface area contributed by atoms with Crippen LogP contribution in [0.25, 0.3) is 33.4 Å². The molecule has 13 nitrogen and oxygen atoms in total. The van der Waals surface area contributed by atoms with Gasteiger partial charge in [0.15, 0.2) is 0 Å². The summed E-state index contributed by atoms with van der Waals surface area (Å²) < 4.78 is 5.37. The summed E-state index contributed by atoms with van der Waals surface area (Å²) in [6.45, 7) is 8.02. The molecule has 0 bridgehead atoms. The lowest BCUT2D eigenvalue weighted by Crippen LogP contribution is -2.52. The summed E-state index contributed by atoms with van der Waals surface area (Å²) in [7, 11) is 0. The molecule has 5 N–H and O–H groups in total. The normalized spacial score (nSPS) is 16.9. The molecule has 0 saturated heterocycles. The molecule has 0 unspecified atom stereocenters. The summed E-state index contributed by atoms with van der Waals surface area (Å²) in [5.41, 5.74) is 11.8. The van der Waals surface area contributed by atoms with E-state index in [4.69, 9.17) is 10.5 Å². The van der Waals surface area contributed by atoms with Crippen LogP contribution in [0.15, 0.2) is 66.9 Å². The van der Waals surface area contributed by atoms with Gasteiger partial charge in [0.25, 0.3) is 0 Å². The lowest BCUT2D eigenvalue weighted by Gasteiger charge is -2.36. The highest BCUT2D eigenvalue weighted by Gasteiger charge is 2.36. The highest BCUT2D eigenvalue weighted by atomic mass is 16.6. The number of H-pyrrole nitrogens is 2. The minimum atomic E-state index is -0.935. The van der Waals surface area contributed by atoms with Crippen molar-refractivity contribution in [3.05, 3.63) is 78.0 Å². The number of hydrogen-bond donors (Lipinski definition) is 4. The van der Waals surface area contributed by atoms with Gasteiger partial charge in [0.2, 0.25) is 17.6 Å². The third kappa shape index (κ3) is 7.82. The predicted molar refractivity (Wildman–Crippen MR) is 190 cm³/mol. The van der Waals surface area contributed by atoms with E-state index in [9.17, 15) is 14.4 Å². The van der Waals surface area contributed by atoms with Gasteiger partial charge in [-0.2, -0.15) is 10.3 Å². The van der Waals surface area contributed by atoms with Gasteiger partial charge in [-0.05, 0) is 117 Å². The topological polar surface area (TPSA) is 185 Å². The van der Waals surface area contributed by atoms with E-state index in [0.29, 0.717) is 36.5 Å². The summed E-state index contributed by atoms with van der Waals surface area (Å²) in [6, 6.07) is 18.3. The average Bonchev–Trinajstić information content (AvgIpc) is 3.80. The number of aryl methyl sites for hydroxylation is 1. The van der Waals surface area contributed by atoms with Crippen LogP contribution in [0.1, 0.15) is 57.6 Å². The molecular formula is C37H43N9O4. The predicted octanol–water partition coefficient (Wildman–Crippen LogP) is 5.48. The fraction of sp³-hybridized carbons (Fsp3) is 0.378. The number of anilines is 1. The Kier molecular flexibility index (Phi) is 9.93. The Balaban J connectivity index is 1.22. The summed E-state index contributed by atoms with van der Waals surface area (Å²) in [4.78, 5) is 41.4. The molecule has 1 fully saturated rings. The number of fused-ring (bicyclic) bond motifs is 1. The Morgan fingerprint density at radius 2 is 1.68 bits per heavy atom. The van der Waals surface area contributed by atoms with Gasteiger partial charge in [-0.15, -0.1) is 10.2 Å². The van der Waals surface area contributed by atoms with Crippen LogP contribution in [0.4, 0.5) is 10.5 Å². The van der Waals surface area contributed by atoms with Crippen LogP contribution >= 0.6 is 0 Å². The molecular weight excluding hydrogens is 634 g/mol. The molecule has 260 valence electrons. The summed E-state index contributed by atoms with van der Waals surface area (Å²) in [5.74, 6) is -0.429. The minimum Gasteiger partial charge on any atom is -0.444 e. The summed E-state index contributed by atoms with van der Waals surface area (Å²) >= 11 is 0. The number of amides is 3. The lowest BCUT2D eigenvalue weighted by molar-refractivity contribution is -0.127. The van der Waals surface area contributed by atoms with Crippen LogP contribution < -0.4 is 16.0 Å². The van der Waals surface area contributed by atoms with Crippen molar-refractivity contribution in [2.24, 2.45) is 17.6 Å². The van der Waals surface area contributed by atoms with E-state index < -0.39 is 23.6 Å². The molecule has 1 aliphatic rings. The van der Waals surface area contributed by atoms with Crippen LogP contribution in [-0.2, 0) is 20.7 Å². The summed E-state index contributed by atoms with van der Waals surface area (Å²) in [6.07, 6.45) is 4.36. The fourth-order valence-electron chi connectivity index (χ4n) is 6.73. The molecule has 0 aliphatic heterocycles. The number of aromatic nitrogens is 6. The van der Waals surface area contributed by atoms with E-state index in [0.717, 1.165) is 46.0 Å². The largest absolute Gasteiger partial charge is 0.444 e. The van der Waals surface area contributed by atoms with Crippen molar-refractivity contribution in [3.63, 3.8) is 0 Å². The van der Waals surface area contributed by atoms with E-state index in [2.05, 4.69) is 49.1 Å². The maximum atomic E-state index is 14.4. The van der Waals surface area contributed by atoms with Gasteiger partial charge in [-0.3, -0.25) is 19.6 Å². The number of rotatable bonds is 10. The SMILES string of the molecule is Cc1ccc2[nH]ncc2c1-c1ccc(C[C@@H](C(N)=O)N(C(=O)C2CCC(CNC(=O)OC(C)(C)C)CC2)c2ccc(-c3nn[nH]n3)cc2)cc1. The quantitative estimate of drug-likeness (QED) is 0.150. The number of nitrogens with zero attached hydrogens (tertiary/aromatic N) is 5. The maximum absolute atomic E-state index is 14.4. The maximum Gasteiger partial charge on any atom is 0.407 e. The molecule has 3 amide bonds. The highest BCUT2D eigenvalue weighted by Crippen LogP contribution is 2.34. The molecule has 1 saturated carbocycles. The first-order chi connectivity index (χ1) is 24.0. The van der Waals surface area contributed by atoms with Crippen LogP contribution in [0.3, 0.4) is 0 Å². The number of primary amides is 1. The van der Waals surface area contributed by atoms with Crippen LogP contribution in [0, 0.1) is 18.8 Å². The van der Waals surface area contributed by atoms with Crippen LogP contribution in [-0.4, -0.2) is 66.9 Å². The van der Waals surface area contributed by atoms with Crippen LogP contribution in [0.2, 0.25) is 0 Å². The minimum absolute atomic E-state index is 0.154. The van der Waals surface area contributed by atoms with Crippen molar-refractivity contribution < 1.29 is 19.1 Å². The Morgan fingerprint density at radius 3 is 2.32 bits per heavy atom. The second kappa shape index (κ2) is 14.5. The van der Waals surface area contributed by atoms with Gasteiger partial charge in [-0.1, -0.05) is 30.3 Å². The number of nitrogens with one attached hydrogen (secondary N) is 3. The highest BCUT2D eigenvalue weighted by molar-refractivity contribution is 6.02. The van der Waals surface area contributed by atoms with Crippen molar-refractivity contribution in [1.82, 2.24) is 36.1 Å². The monoisotopic (exact) mass is 677 g/mol. The molecule has 5 aromatic rings. The Labute approximate surface area is 290 Å². The van der Waals surface area contributed by atoms with Gasteiger partial charge in [0, 0.05) is 35.5 Å². The molecule has 1 aliphatic carbocycles. The second-order valence-electron chi connectivity index (χ2n) is 14.0. The number of ether oxygens (including phenoxy) is 1. The molecule has 0 spiro atoms. The van der Waals surface area contributed by atoms with Gasteiger partial charge >= 0.3 is 6.09 Å². The number of carbonyl (C=O) groups excluding carboxylic acids is 3. The van der Waals surface area contributed by atoms with Gasteiger partial charge in [0.05, 0.1) is 11.7 Å². The van der Waals surface area contributed by atoms with E-state index in [1.54, 1.807) is 29.2 Å². The first kappa shape index (κ1) is 34.3. The number of aromatic amines is 2. The second-order valence-corrected chi connectivity index (χ2v) is 14.0. The van der Waals surface area contributed by atoms with E-state index >= 15 is 0 Å². The number of tetrazole rings is 1. The number of alkyl carbamates (subject to hydrolysis) is 1. The first-order valence-corrected chi connectivity index (χ1v) is 16.9. The number of nitrogens with two attached hydrogens (primary N) is 1. The van der Waals surface area contributed by atoms with Crippen LogP contribution in [0.5, 0.6) is 0 Å². The molecule has 1 atom stereocenters. The molecule has 13 heteroatoms. The van der Waals surface area contributed by atoms with E-state index in [-0.39, 0.29) is 24.2 Å². The standard InChI is InChI=1S/C37H43N9O4/c1-22-5-18-30-29(21-40-41-30)32(22)25-10-6-23(7-11-25)19-31(33(38)47)46(28-16-14-26(15-17-28)34-42-44-45-43-34)35(48)27-12-8-24(9-13-27)20-39-36(49)50-37(2,3)4/h5-7,10-11,14-18,21,24,27,31H,8-9,12-13,19-20H2,1-4H3,(H2,38,47)(H,39,49)(H,40,41)(H,42,43,44,45)/t24?,27?,31-/m0/s1. The van der Waals surface area contributed by atoms with Crippen molar-refractivity contribution >= 4 is 34.5 Å². The number of hydrogen-bond acceptors (Lipinski definition) is 8. The molecule has 0 radical (unpaired) electrons. The molecule has 6 rings (SSSR count). The van der Waals surface area contributed by atoms with Crippen molar-refractivity contribution in [2.45, 2.75) is 71.4 Å². The van der Waals surface area contributed by atoms with Gasteiger partial charge in [0.1, 0.15) is 11.6 Å². The van der Waals surface area contributed by atoms with Gasteiger partial charge < -0.3 is 15.8 Å². The Morgan fingerprint density at radius 1 is 0.980 bits per heavy atom.